The van der Waals surface area contributed by atoms with Crippen molar-refractivity contribution in [1.82, 2.24) is 9.97 Å². The maximum Gasteiger partial charge on any atom is 0.107 e. The number of aryl methyl sites for hydroxylation is 2. The van der Waals surface area contributed by atoms with Crippen LogP contribution in [0, 0.1) is 13.8 Å². The zero-order chi connectivity index (χ0) is 8.72. The van der Waals surface area contributed by atoms with Crippen LogP contribution >= 0.6 is 15.9 Å². The van der Waals surface area contributed by atoms with Crippen molar-refractivity contribution in [2.24, 2.45) is 0 Å². The molecule has 2 aromatic rings. The number of hydrogen-bond acceptors (Lipinski definition) is 1. The van der Waals surface area contributed by atoms with E-state index >= 15 is 0 Å². The van der Waals surface area contributed by atoms with Gasteiger partial charge < -0.3 is 4.98 Å². The minimum atomic E-state index is 0.898. The summed E-state index contributed by atoms with van der Waals surface area (Å²) < 4.78 is 0.898. The molecule has 0 aliphatic rings. The van der Waals surface area contributed by atoms with Crippen LogP contribution in [0.15, 0.2) is 16.9 Å². The Kier molecular flexibility index (Phi) is 1.68. The molecule has 2 nitrogen and oxygen atoms in total. The second-order valence-electron chi connectivity index (χ2n) is 2.92. The van der Waals surface area contributed by atoms with Gasteiger partial charge in [-0.25, -0.2) is 4.98 Å². The summed E-state index contributed by atoms with van der Waals surface area (Å²) in [6.07, 6.45) is 2.01. The lowest BCUT2D eigenvalue weighted by molar-refractivity contribution is 1.19. The third-order valence-corrected chi connectivity index (χ3v) is 2.43. The number of fused-ring (bicyclic) bond motifs is 1. The quantitative estimate of drug-likeness (QED) is 0.686. The first-order chi connectivity index (χ1) is 5.68. The van der Waals surface area contributed by atoms with Gasteiger partial charge in [0.2, 0.25) is 0 Å². The van der Waals surface area contributed by atoms with Crippen molar-refractivity contribution in [3.05, 3.63) is 28.1 Å². The molecule has 0 aliphatic heterocycles. The number of halogens is 1. The summed E-state index contributed by atoms with van der Waals surface area (Å²) in [6.45, 7) is 4.09. The van der Waals surface area contributed by atoms with E-state index in [9.17, 15) is 0 Å². The van der Waals surface area contributed by atoms with Gasteiger partial charge in [-0.05, 0) is 41.4 Å². The summed E-state index contributed by atoms with van der Waals surface area (Å²) in [7, 11) is 0. The normalized spacial score (nSPS) is 10.9. The number of H-pyrrole nitrogens is 1. The van der Waals surface area contributed by atoms with E-state index in [4.69, 9.17) is 0 Å². The van der Waals surface area contributed by atoms with E-state index in [0.717, 1.165) is 15.8 Å². The second kappa shape index (κ2) is 2.59. The Morgan fingerprint density at radius 1 is 1.42 bits per heavy atom. The van der Waals surface area contributed by atoms with Gasteiger partial charge in [-0.3, -0.25) is 0 Å². The Morgan fingerprint density at radius 3 is 2.92 bits per heavy atom. The standard InChI is InChI=1S/C9H9BrN2/c1-5-4-11-9-6(2)12-8(10)3-7(5)9/h3-4,11H,1-2H3. The molecule has 2 rings (SSSR count). The van der Waals surface area contributed by atoms with E-state index in [1.165, 1.54) is 10.9 Å². The molecule has 0 aliphatic carbocycles. The Labute approximate surface area is 79.1 Å². The van der Waals surface area contributed by atoms with E-state index in [-0.39, 0.29) is 0 Å². The Morgan fingerprint density at radius 2 is 2.17 bits per heavy atom. The average molecular weight is 225 g/mol. The monoisotopic (exact) mass is 224 g/mol. The molecule has 12 heavy (non-hydrogen) atoms. The van der Waals surface area contributed by atoms with Crippen LogP contribution in [0.4, 0.5) is 0 Å². The minimum Gasteiger partial charge on any atom is -0.359 e. The number of pyridine rings is 1. The van der Waals surface area contributed by atoms with Crippen molar-refractivity contribution >= 4 is 26.8 Å². The molecule has 3 heteroatoms. The largest absolute Gasteiger partial charge is 0.359 e. The molecule has 62 valence electrons. The number of nitrogens with one attached hydrogen (secondary N) is 1. The zero-order valence-electron chi connectivity index (χ0n) is 6.98. The van der Waals surface area contributed by atoms with Crippen molar-refractivity contribution < 1.29 is 0 Å². The van der Waals surface area contributed by atoms with Gasteiger partial charge >= 0.3 is 0 Å². The molecule has 0 bridgehead atoms. The first-order valence-electron chi connectivity index (χ1n) is 3.79. The fraction of sp³-hybridized carbons (Fsp3) is 0.222. The summed E-state index contributed by atoms with van der Waals surface area (Å²) in [5.41, 5.74) is 3.43. The van der Waals surface area contributed by atoms with Crippen molar-refractivity contribution in [1.29, 1.82) is 0 Å². The lowest BCUT2D eigenvalue weighted by Crippen LogP contribution is -1.83. The van der Waals surface area contributed by atoms with Gasteiger partial charge in [0.15, 0.2) is 0 Å². The van der Waals surface area contributed by atoms with E-state index in [1.54, 1.807) is 0 Å². The molecule has 2 aromatic heterocycles. The smallest absolute Gasteiger partial charge is 0.107 e. The Hall–Kier alpha value is -0.830. The van der Waals surface area contributed by atoms with Gasteiger partial charge in [-0.2, -0.15) is 0 Å². The van der Waals surface area contributed by atoms with Gasteiger partial charge in [0.25, 0.3) is 0 Å². The molecule has 0 aromatic carbocycles. The van der Waals surface area contributed by atoms with Crippen LogP contribution in [-0.4, -0.2) is 9.97 Å². The molecule has 0 amide bonds. The van der Waals surface area contributed by atoms with Crippen LogP contribution in [-0.2, 0) is 0 Å². The number of nitrogens with zero attached hydrogens (tertiary/aromatic N) is 1. The highest BCUT2D eigenvalue weighted by molar-refractivity contribution is 9.10. The number of hydrogen-bond donors (Lipinski definition) is 1. The van der Waals surface area contributed by atoms with E-state index < -0.39 is 0 Å². The summed E-state index contributed by atoms with van der Waals surface area (Å²) in [5.74, 6) is 0. The summed E-state index contributed by atoms with van der Waals surface area (Å²) >= 11 is 3.38. The van der Waals surface area contributed by atoms with Crippen molar-refractivity contribution in [2.45, 2.75) is 13.8 Å². The molecule has 0 fully saturated rings. The summed E-state index contributed by atoms with van der Waals surface area (Å²) in [6, 6.07) is 2.04. The van der Waals surface area contributed by atoms with Gasteiger partial charge in [-0.15, -0.1) is 0 Å². The molecule has 2 heterocycles. The van der Waals surface area contributed by atoms with Crippen LogP contribution in [0.2, 0.25) is 0 Å². The third kappa shape index (κ3) is 1.05. The number of rotatable bonds is 0. The lowest BCUT2D eigenvalue weighted by Gasteiger charge is -1.97. The van der Waals surface area contributed by atoms with Gasteiger partial charge in [0.1, 0.15) is 4.60 Å². The van der Waals surface area contributed by atoms with Gasteiger partial charge in [0, 0.05) is 11.6 Å². The zero-order valence-corrected chi connectivity index (χ0v) is 8.57. The number of aromatic amines is 1. The predicted octanol–water partition coefficient (Wildman–Crippen LogP) is 2.94. The van der Waals surface area contributed by atoms with Gasteiger partial charge in [0.05, 0.1) is 11.2 Å². The fourth-order valence-electron chi connectivity index (χ4n) is 1.39. The molecule has 0 saturated heterocycles. The molecular weight excluding hydrogens is 216 g/mol. The second-order valence-corrected chi connectivity index (χ2v) is 3.74. The van der Waals surface area contributed by atoms with Crippen molar-refractivity contribution in [3.63, 3.8) is 0 Å². The molecule has 0 unspecified atom stereocenters. The molecule has 0 radical (unpaired) electrons. The van der Waals surface area contributed by atoms with Crippen molar-refractivity contribution in [2.75, 3.05) is 0 Å². The average Bonchev–Trinajstić information content (AvgIpc) is 2.33. The highest BCUT2D eigenvalue weighted by Crippen LogP contribution is 2.22. The fourth-order valence-corrected chi connectivity index (χ4v) is 1.88. The van der Waals surface area contributed by atoms with E-state index in [0.29, 0.717) is 0 Å². The first-order valence-corrected chi connectivity index (χ1v) is 4.58. The SMILES string of the molecule is Cc1c[nH]c2c(C)nc(Br)cc12. The Balaban J connectivity index is 2.92. The van der Waals surface area contributed by atoms with E-state index in [2.05, 4.69) is 32.8 Å². The predicted molar refractivity (Wildman–Crippen MR) is 53.3 cm³/mol. The highest BCUT2D eigenvalue weighted by Gasteiger charge is 2.03. The molecule has 0 saturated carbocycles. The highest BCUT2D eigenvalue weighted by atomic mass is 79.9. The van der Waals surface area contributed by atoms with Crippen LogP contribution in [0.5, 0.6) is 0 Å². The van der Waals surface area contributed by atoms with Crippen LogP contribution in [0.25, 0.3) is 10.9 Å². The van der Waals surface area contributed by atoms with Crippen LogP contribution in [0.1, 0.15) is 11.3 Å². The maximum absolute atomic E-state index is 4.30. The van der Waals surface area contributed by atoms with E-state index in [1.807, 2.05) is 19.2 Å². The lowest BCUT2D eigenvalue weighted by atomic mass is 10.2. The first kappa shape index (κ1) is 7.80. The number of aromatic nitrogens is 2. The summed E-state index contributed by atoms with van der Waals surface area (Å²) in [4.78, 5) is 7.50. The molecule has 1 N–H and O–H groups in total. The molecule has 0 spiro atoms. The minimum absolute atomic E-state index is 0.898. The molecular formula is C9H9BrN2. The Bertz CT molecular complexity index is 431. The van der Waals surface area contributed by atoms with Crippen LogP contribution in [0.3, 0.4) is 0 Å². The topological polar surface area (TPSA) is 28.7 Å². The van der Waals surface area contributed by atoms with Crippen LogP contribution < -0.4 is 0 Å². The maximum atomic E-state index is 4.30. The molecule has 0 atom stereocenters. The van der Waals surface area contributed by atoms with Crippen molar-refractivity contribution in [3.8, 4) is 0 Å². The third-order valence-electron chi connectivity index (χ3n) is 2.03. The summed E-state index contributed by atoms with van der Waals surface area (Å²) in [5, 5.41) is 1.24. The van der Waals surface area contributed by atoms with Gasteiger partial charge in [-0.1, -0.05) is 0 Å².